The summed E-state index contributed by atoms with van der Waals surface area (Å²) < 4.78 is 44.8. The Morgan fingerprint density at radius 1 is 1.08 bits per heavy atom. The van der Waals surface area contributed by atoms with Crippen molar-refractivity contribution in [2.45, 2.75) is 10.8 Å². The highest BCUT2D eigenvalue weighted by atomic mass is 32.2. The van der Waals surface area contributed by atoms with E-state index in [9.17, 15) is 17.6 Å². The van der Waals surface area contributed by atoms with Gasteiger partial charge in [0.1, 0.15) is 12.4 Å². The summed E-state index contributed by atoms with van der Waals surface area (Å²) in [5.74, 6) is -1.43. The number of hydrogen-bond donors (Lipinski definition) is 1. The monoisotopic (exact) mass is 347 g/mol. The Morgan fingerprint density at radius 2 is 1.75 bits per heavy atom. The molecule has 1 fully saturated rings. The number of halogens is 1. The molecule has 1 saturated heterocycles. The van der Waals surface area contributed by atoms with Crippen molar-refractivity contribution in [2.75, 3.05) is 6.61 Å². The van der Waals surface area contributed by atoms with E-state index in [0.717, 1.165) is 6.20 Å². The molecule has 3 rings (SSSR count). The molecule has 0 aromatic heterocycles. The summed E-state index contributed by atoms with van der Waals surface area (Å²) in [6.45, 7) is 0.0867. The van der Waals surface area contributed by atoms with Crippen LogP contribution >= 0.6 is 0 Å². The highest BCUT2D eigenvalue weighted by Gasteiger charge is 2.32. The molecule has 1 heterocycles. The van der Waals surface area contributed by atoms with Gasteiger partial charge in [-0.2, -0.15) is 0 Å². The predicted octanol–water partition coefficient (Wildman–Crippen LogP) is 2.33. The molecule has 7 heteroatoms. The zero-order valence-corrected chi connectivity index (χ0v) is 13.3. The summed E-state index contributed by atoms with van der Waals surface area (Å²) >= 11 is 0. The van der Waals surface area contributed by atoms with Crippen LogP contribution in [0.15, 0.2) is 71.3 Å². The van der Waals surface area contributed by atoms with Crippen molar-refractivity contribution in [1.82, 2.24) is 4.72 Å². The van der Waals surface area contributed by atoms with E-state index in [-0.39, 0.29) is 22.9 Å². The second-order valence-electron chi connectivity index (χ2n) is 5.24. The first-order chi connectivity index (χ1) is 11.5. The van der Waals surface area contributed by atoms with Gasteiger partial charge in [0.25, 0.3) is 10.0 Å². The number of esters is 1. The molecule has 1 N–H and O–H groups in total. The lowest BCUT2D eigenvalue weighted by molar-refractivity contribution is -0.135. The van der Waals surface area contributed by atoms with Crippen molar-refractivity contribution >= 4 is 16.0 Å². The Kier molecular flexibility index (Phi) is 4.35. The lowest BCUT2D eigenvalue weighted by Crippen LogP contribution is -2.20. The molecule has 0 aliphatic carbocycles. The molecule has 24 heavy (non-hydrogen) atoms. The van der Waals surface area contributed by atoms with Gasteiger partial charge in [-0.15, -0.1) is 0 Å². The first kappa shape index (κ1) is 16.2. The molecule has 1 atom stereocenters. The van der Waals surface area contributed by atoms with Gasteiger partial charge >= 0.3 is 5.97 Å². The van der Waals surface area contributed by atoms with E-state index in [1.54, 1.807) is 30.3 Å². The van der Waals surface area contributed by atoms with Crippen LogP contribution in [0.4, 0.5) is 4.39 Å². The summed E-state index contributed by atoms with van der Waals surface area (Å²) in [6.07, 6.45) is 1.14. The van der Waals surface area contributed by atoms with Crippen molar-refractivity contribution in [1.29, 1.82) is 0 Å². The van der Waals surface area contributed by atoms with E-state index in [2.05, 4.69) is 4.72 Å². The number of rotatable bonds is 4. The summed E-state index contributed by atoms with van der Waals surface area (Å²) in [4.78, 5) is 12.0. The third kappa shape index (κ3) is 3.30. The number of ether oxygens (including phenoxy) is 1. The van der Waals surface area contributed by atoms with Gasteiger partial charge in [0.2, 0.25) is 0 Å². The van der Waals surface area contributed by atoms with E-state index in [1.807, 2.05) is 0 Å². The van der Waals surface area contributed by atoms with Crippen LogP contribution in [0.5, 0.6) is 0 Å². The molecule has 0 saturated carbocycles. The summed E-state index contributed by atoms with van der Waals surface area (Å²) in [5.41, 5.74) is 0.855. The van der Waals surface area contributed by atoms with Crippen LogP contribution in [0.25, 0.3) is 0 Å². The molecular formula is C17H14FNO4S. The molecule has 0 bridgehead atoms. The molecule has 1 aliphatic heterocycles. The van der Waals surface area contributed by atoms with Crippen LogP contribution in [0.3, 0.4) is 0 Å². The number of cyclic esters (lactones) is 1. The van der Waals surface area contributed by atoms with Gasteiger partial charge in [0.15, 0.2) is 0 Å². The number of carbonyl (C=O) groups is 1. The molecule has 2 aromatic rings. The average Bonchev–Trinajstić information content (AvgIpc) is 2.95. The maximum absolute atomic E-state index is 13.0. The van der Waals surface area contributed by atoms with Crippen LogP contribution in [0, 0.1) is 5.82 Å². The third-order valence-electron chi connectivity index (χ3n) is 3.69. The van der Waals surface area contributed by atoms with Gasteiger partial charge in [0.05, 0.1) is 16.4 Å². The molecule has 5 nitrogen and oxygen atoms in total. The van der Waals surface area contributed by atoms with E-state index in [1.165, 1.54) is 24.3 Å². The SMILES string of the molecule is O=C1OCC(c2ccc(F)cc2)/C1=C\NS(=O)(=O)c1ccccc1. The van der Waals surface area contributed by atoms with Crippen LogP contribution in [-0.2, 0) is 19.6 Å². The number of carbonyl (C=O) groups excluding carboxylic acids is 1. The van der Waals surface area contributed by atoms with E-state index >= 15 is 0 Å². The molecule has 1 aliphatic rings. The molecular weight excluding hydrogens is 333 g/mol. The summed E-state index contributed by atoms with van der Waals surface area (Å²) in [6, 6.07) is 13.5. The maximum Gasteiger partial charge on any atom is 0.336 e. The smallest absolute Gasteiger partial charge is 0.336 e. The number of sulfonamides is 1. The standard InChI is InChI=1S/C17H14FNO4S/c18-13-8-6-12(7-9-13)16-11-23-17(20)15(16)10-19-24(21,22)14-4-2-1-3-5-14/h1-10,16,19H,11H2/b15-10+. The van der Waals surface area contributed by atoms with Gasteiger partial charge in [-0.3, -0.25) is 4.72 Å². The second kappa shape index (κ2) is 6.45. The first-order valence-corrected chi connectivity index (χ1v) is 8.66. The largest absolute Gasteiger partial charge is 0.461 e. The topological polar surface area (TPSA) is 72.5 Å². The van der Waals surface area contributed by atoms with E-state index in [0.29, 0.717) is 5.56 Å². The fraction of sp³-hybridized carbons (Fsp3) is 0.118. The van der Waals surface area contributed by atoms with E-state index < -0.39 is 21.9 Å². The highest BCUT2D eigenvalue weighted by Crippen LogP contribution is 2.31. The van der Waals surface area contributed by atoms with Crippen LogP contribution in [0.1, 0.15) is 11.5 Å². The van der Waals surface area contributed by atoms with Crippen molar-refractivity contribution in [2.24, 2.45) is 0 Å². The van der Waals surface area contributed by atoms with Crippen molar-refractivity contribution in [3.8, 4) is 0 Å². The van der Waals surface area contributed by atoms with Crippen LogP contribution in [-0.4, -0.2) is 21.0 Å². The van der Waals surface area contributed by atoms with Crippen molar-refractivity contribution in [3.63, 3.8) is 0 Å². The lowest BCUT2D eigenvalue weighted by atomic mass is 9.94. The Labute approximate surface area is 138 Å². The number of nitrogens with one attached hydrogen (secondary N) is 1. The molecule has 124 valence electrons. The van der Waals surface area contributed by atoms with Crippen molar-refractivity contribution in [3.05, 3.63) is 77.8 Å². The van der Waals surface area contributed by atoms with Gasteiger partial charge in [0, 0.05) is 6.20 Å². The fourth-order valence-electron chi connectivity index (χ4n) is 2.41. The Morgan fingerprint density at radius 3 is 2.42 bits per heavy atom. The second-order valence-corrected chi connectivity index (χ2v) is 6.95. The first-order valence-electron chi connectivity index (χ1n) is 7.17. The molecule has 0 radical (unpaired) electrons. The van der Waals surface area contributed by atoms with Crippen molar-refractivity contribution < 1.29 is 22.3 Å². The lowest BCUT2D eigenvalue weighted by Gasteiger charge is -2.09. The molecule has 0 amide bonds. The van der Waals surface area contributed by atoms with Crippen LogP contribution in [0.2, 0.25) is 0 Å². The predicted molar refractivity (Wildman–Crippen MR) is 84.9 cm³/mol. The van der Waals surface area contributed by atoms with E-state index in [4.69, 9.17) is 4.74 Å². The minimum absolute atomic E-state index is 0.0867. The minimum atomic E-state index is -3.78. The number of benzene rings is 2. The fourth-order valence-corrected chi connectivity index (χ4v) is 3.35. The van der Waals surface area contributed by atoms with Crippen LogP contribution < -0.4 is 4.72 Å². The molecule has 2 aromatic carbocycles. The van der Waals surface area contributed by atoms with Gasteiger partial charge in [-0.05, 0) is 29.8 Å². The normalized spacial score (nSPS) is 19.3. The van der Waals surface area contributed by atoms with Gasteiger partial charge in [-0.25, -0.2) is 17.6 Å². The Hall–Kier alpha value is -2.67. The van der Waals surface area contributed by atoms with Gasteiger partial charge in [-0.1, -0.05) is 30.3 Å². The number of hydrogen-bond acceptors (Lipinski definition) is 4. The zero-order chi connectivity index (χ0) is 17.2. The summed E-state index contributed by atoms with van der Waals surface area (Å²) in [7, 11) is -3.78. The maximum atomic E-state index is 13.0. The minimum Gasteiger partial charge on any atom is -0.461 e. The molecule has 1 unspecified atom stereocenters. The Balaban J connectivity index is 1.87. The quantitative estimate of drug-likeness (QED) is 0.681. The van der Waals surface area contributed by atoms with Gasteiger partial charge < -0.3 is 4.74 Å². The zero-order valence-electron chi connectivity index (χ0n) is 12.5. The third-order valence-corrected chi connectivity index (χ3v) is 5.01. The average molecular weight is 347 g/mol. The summed E-state index contributed by atoms with van der Waals surface area (Å²) in [5, 5.41) is 0. The Bertz CT molecular complexity index is 877. The highest BCUT2D eigenvalue weighted by molar-refractivity contribution is 7.89. The molecule has 0 spiro atoms.